The number of aryl methyl sites for hydroxylation is 1. The van der Waals surface area contributed by atoms with Gasteiger partial charge in [-0.2, -0.15) is 0 Å². The van der Waals surface area contributed by atoms with Crippen LogP contribution in [0.1, 0.15) is 66.5 Å². The molecule has 0 unspecified atom stereocenters. The van der Waals surface area contributed by atoms with Gasteiger partial charge in [0.05, 0.1) is 0 Å². The highest BCUT2D eigenvalue weighted by Crippen LogP contribution is 2.17. The molecule has 1 heterocycles. The fourth-order valence-corrected chi connectivity index (χ4v) is 1.67. The lowest BCUT2D eigenvalue weighted by atomic mass is 10.2. The molecular weight excluding hydrogens is 306 g/mol. The van der Waals surface area contributed by atoms with E-state index in [2.05, 4.69) is 35.4 Å². The first-order chi connectivity index (χ1) is 12.2. The Balaban J connectivity index is 0. The third kappa shape index (κ3) is 9.55. The van der Waals surface area contributed by atoms with Gasteiger partial charge in [-0.15, -0.1) is 0 Å². The molecule has 0 fully saturated rings. The molecule has 0 saturated carbocycles. The third-order valence-electron chi connectivity index (χ3n) is 2.57. The maximum atomic E-state index is 4.48. The summed E-state index contributed by atoms with van der Waals surface area (Å²) in [6.07, 6.45) is 4.94. The number of allylic oxidation sites excluding steroid dienone is 3. The highest BCUT2D eigenvalue weighted by molar-refractivity contribution is 5.69. The molecule has 1 aromatic carbocycles. The summed E-state index contributed by atoms with van der Waals surface area (Å²) in [6.45, 7) is 19.8. The Hall–Kier alpha value is -2.29. The Bertz CT molecular complexity index is 602. The first-order valence-corrected chi connectivity index (χ1v) is 9.23. The molecule has 1 aromatic heterocycles. The highest BCUT2D eigenvalue weighted by atomic mass is 15.0. The topological polar surface area (TPSA) is 38.7 Å². The van der Waals surface area contributed by atoms with Crippen molar-refractivity contribution in [1.29, 1.82) is 0 Å². The van der Waals surface area contributed by atoms with Crippen LogP contribution in [-0.4, -0.2) is 15.0 Å². The third-order valence-corrected chi connectivity index (χ3v) is 2.57. The van der Waals surface area contributed by atoms with E-state index in [1.165, 1.54) is 6.42 Å². The zero-order valence-corrected chi connectivity index (χ0v) is 17.3. The van der Waals surface area contributed by atoms with Crippen LogP contribution in [0, 0.1) is 6.92 Å². The van der Waals surface area contributed by atoms with Crippen molar-refractivity contribution in [2.24, 2.45) is 0 Å². The smallest absolute Gasteiger partial charge is 0.163 e. The van der Waals surface area contributed by atoms with Crippen molar-refractivity contribution in [2.45, 2.75) is 61.8 Å². The first-order valence-electron chi connectivity index (χ1n) is 9.23. The Morgan fingerprint density at radius 1 is 0.960 bits per heavy atom. The number of aromatic nitrogens is 3. The van der Waals surface area contributed by atoms with Crippen LogP contribution in [0.15, 0.2) is 49.1 Å². The second-order valence-electron chi connectivity index (χ2n) is 4.55. The summed E-state index contributed by atoms with van der Waals surface area (Å²) >= 11 is 0. The van der Waals surface area contributed by atoms with Gasteiger partial charge in [-0.05, 0) is 13.8 Å². The maximum absolute atomic E-state index is 4.48. The van der Waals surface area contributed by atoms with Gasteiger partial charge in [-0.25, -0.2) is 15.0 Å². The lowest BCUT2D eigenvalue weighted by Gasteiger charge is -2.05. The van der Waals surface area contributed by atoms with Crippen molar-refractivity contribution in [2.75, 3.05) is 0 Å². The van der Waals surface area contributed by atoms with Gasteiger partial charge in [-0.1, -0.05) is 97.0 Å². The van der Waals surface area contributed by atoms with Crippen LogP contribution in [0.3, 0.4) is 0 Å². The molecule has 0 bridgehead atoms. The minimum Gasteiger partial charge on any atom is -0.213 e. The van der Waals surface area contributed by atoms with Crippen LogP contribution in [0.25, 0.3) is 17.0 Å². The van der Waals surface area contributed by atoms with E-state index in [1.807, 2.05) is 78.0 Å². The largest absolute Gasteiger partial charge is 0.213 e. The molecule has 0 radical (unpaired) electrons. The van der Waals surface area contributed by atoms with Crippen LogP contribution in [-0.2, 0) is 0 Å². The molecule has 2 rings (SSSR count). The monoisotopic (exact) mass is 341 g/mol. The summed E-state index contributed by atoms with van der Waals surface area (Å²) in [5, 5.41) is 0. The zero-order valence-electron chi connectivity index (χ0n) is 17.3. The minimum absolute atomic E-state index is 0.666. The van der Waals surface area contributed by atoms with Gasteiger partial charge < -0.3 is 0 Å². The average Bonchev–Trinajstić information content (AvgIpc) is 2.67. The first kappa shape index (κ1) is 25.0. The molecule has 0 aliphatic carbocycles. The molecule has 25 heavy (non-hydrogen) atoms. The SMILES string of the molecule is C=C/C(=C\C)c1nc(C)nc(-c2ccccc2)n1.CC.CC.CCC. The molecule has 0 aliphatic heterocycles. The fraction of sp³-hybridized carbons (Fsp3) is 0.409. The predicted octanol–water partition coefficient (Wildman–Crippen LogP) is 6.91. The van der Waals surface area contributed by atoms with Gasteiger partial charge in [0.2, 0.25) is 0 Å². The standard InChI is InChI=1S/C15H15N3.C3H8.2C2H6/c1-4-12(5-2)14-16-11(3)17-15(18-14)13-9-7-6-8-10-13;1-3-2;2*1-2/h4-10H,1H2,2-3H3;3H2,1-2H3;2*1-2H3/b12-5+;;;. The number of rotatable bonds is 3. The summed E-state index contributed by atoms with van der Waals surface area (Å²) in [6, 6.07) is 9.89. The Morgan fingerprint density at radius 2 is 1.48 bits per heavy atom. The molecule has 0 amide bonds. The van der Waals surface area contributed by atoms with Crippen molar-refractivity contribution in [3.8, 4) is 11.4 Å². The van der Waals surface area contributed by atoms with E-state index >= 15 is 0 Å². The molecule has 0 N–H and O–H groups in total. The molecule has 0 spiro atoms. The maximum Gasteiger partial charge on any atom is 0.163 e. The second-order valence-corrected chi connectivity index (χ2v) is 4.55. The van der Waals surface area contributed by atoms with Crippen LogP contribution in [0.2, 0.25) is 0 Å². The van der Waals surface area contributed by atoms with Gasteiger partial charge in [0.1, 0.15) is 5.82 Å². The van der Waals surface area contributed by atoms with E-state index in [4.69, 9.17) is 0 Å². The van der Waals surface area contributed by atoms with Crippen LogP contribution in [0.4, 0.5) is 0 Å². The molecule has 0 atom stereocenters. The van der Waals surface area contributed by atoms with E-state index < -0.39 is 0 Å². The van der Waals surface area contributed by atoms with Crippen molar-refractivity contribution in [3.63, 3.8) is 0 Å². The van der Waals surface area contributed by atoms with Crippen molar-refractivity contribution >= 4 is 5.57 Å². The van der Waals surface area contributed by atoms with Gasteiger partial charge in [-0.3, -0.25) is 0 Å². The zero-order chi connectivity index (χ0) is 19.7. The number of nitrogens with zero attached hydrogens (tertiary/aromatic N) is 3. The lowest BCUT2D eigenvalue weighted by Crippen LogP contribution is -2.01. The van der Waals surface area contributed by atoms with E-state index in [0.29, 0.717) is 17.5 Å². The lowest BCUT2D eigenvalue weighted by molar-refractivity contribution is 0.962. The van der Waals surface area contributed by atoms with Gasteiger partial charge in [0, 0.05) is 11.1 Å². The highest BCUT2D eigenvalue weighted by Gasteiger charge is 2.07. The summed E-state index contributed by atoms with van der Waals surface area (Å²) in [7, 11) is 0. The predicted molar refractivity (Wildman–Crippen MR) is 113 cm³/mol. The fourth-order valence-electron chi connectivity index (χ4n) is 1.67. The molecular formula is C22H35N3. The van der Waals surface area contributed by atoms with Gasteiger partial charge in [0.25, 0.3) is 0 Å². The summed E-state index contributed by atoms with van der Waals surface area (Å²) in [5.74, 6) is 2.07. The van der Waals surface area contributed by atoms with Crippen LogP contribution < -0.4 is 0 Å². The normalized spacial score (nSPS) is 9.36. The van der Waals surface area contributed by atoms with Gasteiger partial charge in [0.15, 0.2) is 11.6 Å². The number of hydrogen-bond acceptors (Lipinski definition) is 3. The second kappa shape index (κ2) is 16.6. The summed E-state index contributed by atoms with van der Waals surface area (Å²) in [4.78, 5) is 13.2. The van der Waals surface area contributed by atoms with E-state index in [-0.39, 0.29) is 0 Å². The molecule has 0 saturated heterocycles. The molecule has 2 aromatic rings. The van der Waals surface area contributed by atoms with E-state index in [1.54, 1.807) is 6.08 Å². The molecule has 138 valence electrons. The van der Waals surface area contributed by atoms with Crippen LogP contribution >= 0.6 is 0 Å². The minimum atomic E-state index is 0.666. The molecule has 0 aliphatic rings. The quantitative estimate of drug-likeness (QED) is 0.570. The van der Waals surface area contributed by atoms with Gasteiger partial charge >= 0.3 is 0 Å². The Labute approximate surface area is 155 Å². The Morgan fingerprint density at radius 3 is 1.92 bits per heavy atom. The van der Waals surface area contributed by atoms with Crippen molar-refractivity contribution in [1.82, 2.24) is 15.0 Å². The Kier molecular flexibility index (Phi) is 16.5. The van der Waals surface area contributed by atoms with Crippen molar-refractivity contribution in [3.05, 3.63) is 60.7 Å². The van der Waals surface area contributed by atoms with Crippen LogP contribution in [0.5, 0.6) is 0 Å². The molecule has 3 heteroatoms. The summed E-state index contributed by atoms with van der Waals surface area (Å²) < 4.78 is 0. The number of benzene rings is 1. The summed E-state index contributed by atoms with van der Waals surface area (Å²) in [5.41, 5.74) is 1.90. The van der Waals surface area contributed by atoms with Crippen molar-refractivity contribution < 1.29 is 0 Å². The average molecular weight is 342 g/mol. The van der Waals surface area contributed by atoms with E-state index in [0.717, 1.165) is 11.1 Å². The molecule has 3 nitrogen and oxygen atoms in total. The number of hydrogen-bond donors (Lipinski definition) is 0. The van der Waals surface area contributed by atoms with E-state index in [9.17, 15) is 0 Å².